The molecule has 0 aliphatic carbocycles. The van der Waals surface area contributed by atoms with Crippen molar-refractivity contribution in [3.05, 3.63) is 69.8 Å². The van der Waals surface area contributed by atoms with Gasteiger partial charge in [0.2, 0.25) is 5.89 Å². The number of aryl methyl sites for hydroxylation is 1. The molecule has 5 rings (SSSR count). The molecule has 1 saturated heterocycles. The van der Waals surface area contributed by atoms with E-state index in [4.69, 9.17) is 21.1 Å². The Kier molecular flexibility index (Phi) is 6.17. The molecular formula is C23H21ClN4O2S2. The Morgan fingerprint density at radius 3 is 2.81 bits per heavy atom. The number of fused-ring (bicyclic) bond motifs is 1. The van der Waals surface area contributed by atoms with Gasteiger partial charge in [-0.05, 0) is 50.1 Å². The number of amides is 1. The van der Waals surface area contributed by atoms with Crippen molar-refractivity contribution in [2.75, 3.05) is 13.1 Å². The van der Waals surface area contributed by atoms with Gasteiger partial charge in [-0.15, -0.1) is 23.1 Å². The van der Waals surface area contributed by atoms with Crippen molar-refractivity contribution in [1.29, 1.82) is 0 Å². The molecule has 0 saturated carbocycles. The summed E-state index contributed by atoms with van der Waals surface area (Å²) in [6, 6.07) is 13.6. The maximum absolute atomic E-state index is 13.3. The molecule has 1 aliphatic heterocycles. The van der Waals surface area contributed by atoms with Crippen molar-refractivity contribution in [1.82, 2.24) is 20.0 Å². The minimum atomic E-state index is 0.0735. The number of hydrogen-bond donors (Lipinski definition) is 0. The Balaban J connectivity index is 1.25. The number of rotatable bonds is 5. The van der Waals surface area contributed by atoms with Gasteiger partial charge < -0.3 is 9.42 Å². The number of nitrogens with zero attached hydrogens (tertiary/aromatic N) is 4. The lowest BCUT2D eigenvalue weighted by Gasteiger charge is -2.31. The minimum Gasteiger partial charge on any atom is -0.339 e. The number of hydrogen-bond acceptors (Lipinski definition) is 7. The first-order chi connectivity index (χ1) is 15.6. The highest BCUT2D eigenvalue weighted by atomic mass is 35.5. The molecule has 3 heterocycles. The van der Waals surface area contributed by atoms with Gasteiger partial charge in [0.1, 0.15) is 0 Å². The summed E-state index contributed by atoms with van der Waals surface area (Å²) in [4.78, 5) is 25.2. The molecule has 164 valence electrons. The first-order valence-electron chi connectivity index (χ1n) is 10.4. The fourth-order valence-electron chi connectivity index (χ4n) is 3.90. The summed E-state index contributed by atoms with van der Waals surface area (Å²) in [6.07, 6.45) is 1.83. The third kappa shape index (κ3) is 4.53. The highest BCUT2D eigenvalue weighted by Crippen LogP contribution is 2.35. The number of benzene rings is 2. The van der Waals surface area contributed by atoms with Crippen molar-refractivity contribution < 1.29 is 9.32 Å². The zero-order chi connectivity index (χ0) is 22.1. The summed E-state index contributed by atoms with van der Waals surface area (Å²) in [7, 11) is 0. The van der Waals surface area contributed by atoms with Gasteiger partial charge in [-0.2, -0.15) is 4.98 Å². The zero-order valence-corrected chi connectivity index (χ0v) is 19.8. The maximum Gasteiger partial charge on any atom is 0.254 e. The monoisotopic (exact) mass is 484 g/mol. The molecule has 32 heavy (non-hydrogen) atoms. The van der Waals surface area contributed by atoms with Gasteiger partial charge in [0.25, 0.3) is 5.91 Å². The number of aromatic nitrogens is 3. The van der Waals surface area contributed by atoms with Crippen LogP contribution in [0.1, 0.15) is 45.8 Å². The highest BCUT2D eigenvalue weighted by molar-refractivity contribution is 7.98. The van der Waals surface area contributed by atoms with Crippen molar-refractivity contribution in [3.8, 4) is 0 Å². The highest BCUT2D eigenvalue weighted by Gasteiger charge is 2.27. The molecule has 1 aliphatic rings. The lowest BCUT2D eigenvalue weighted by molar-refractivity contribution is 0.0709. The summed E-state index contributed by atoms with van der Waals surface area (Å²) in [6.45, 7) is 3.24. The van der Waals surface area contributed by atoms with Crippen LogP contribution in [0.4, 0.5) is 0 Å². The van der Waals surface area contributed by atoms with E-state index < -0.39 is 0 Å². The van der Waals surface area contributed by atoms with E-state index in [1.54, 1.807) is 30.0 Å². The standard InChI is InChI=1S/C23H21ClN4O2S2/c1-14-25-21(30-27-14)13-31-19-5-3-2-4-17(19)23(29)28-10-8-15(9-11-28)22-26-18-12-16(24)6-7-20(18)32-22/h2-7,12,15H,8-11,13H2,1H3. The summed E-state index contributed by atoms with van der Waals surface area (Å²) >= 11 is 9.38. The number of halogens is 1. The first kappa shape index (κ1) is 21.4. The van der Waals surface area contributed by atoms with Crippen LogP contribution in [-0.4, -0.2) is 39.0 Å². The molecule has 2 aromatic heterocycles. The van der Waals surface area contributed by atoms with Gasteiger partial charge in [0.15, 0.2) is 5.82 Å². The molecule has 2 aromatic carbocycles. The third-order valence-electron chi connectivity index (χ3n) is 5.54. The lowest BCUT2D eigenvalue weighted by atomic mass is 9.97. The SMILES string of the molecule is Cc1noc(CSc2ccccc2C(=O)N2CCC(c3nc4cc(Cl)ccc4s3)CC2)n1. The minimum absolute atomic E-state index is 0.0735. The van der Waals surface area contributed by atoms with E-state index in [1.165, 1.54) is 0 Å². The van der Waals surface area contributed by atoms with Gasteiger partial charge in [0, 0.05) is 28.9 Å². The third-order valence-corrected chi connectivity index (χ3v) is 8.03. The van der Waals surface area contributed by atoms with E-state index in [0.29, 0.717) is 28.4 Å². The first-order valence-corrected chi connectivity index (χ1v) is 12.6. The van der Waals surface area contributed by atoms with E-state index in [2.05, 4.69) is 10.1 Å². The van der Waals surface area contributed by atoms with E-state index in [1.807, 2.05) is 47.4 Å². The molecule has 9 heteroatoms. The Morgan fingerprint density at radius 2 is 2.03 bits per heavy atom. The summed E-state index contributed by atoms with van der Waals surface area (Å²) in [5, 5.41) is 5.67. The molecule has 0 radical (unpaired) electrons. The predicted molar refractivity (Wildman–Crippen MR) is 128 cm³/mol. The summed E-state index contributed by atoms with van der Waals surface area (Å²) < 4.78 is 6.35. The van der Waals surface area contributed by atoms with Gasteiger partial charge in [-0.25, -0.2) is 4.98 Å². The number of thioether (sulfide) groups is 1. The number of piperidine rings is 1. The van der Waals surface area contributed by atoms with Gasteiger partial charge in [0.05, 0.1) is 26.5 Å². The topological polar surface area (TPSA) is 72.1 Å². The lowest BCUT2D eigenvalue weighted by Crippen LogP contribution is -2.38. The summed E-state index contributed by atoms with van der Waals surface area (Å²) in [5.74, 6) is 2.16. The molecule has 6 nitrogen and oxygen atoms in total. The summed E-state index contributed by atoms with van der Waals surface area (Å²) in [5.41, 5.74) is 1.68. The van der Waals surface area contributed by atoms with Gasteiger partial charge in [-0.1, -0.05) is 28.9 Å². The van der Waals surface area contributed by atoms with Gasteiger partial charge in [-0.3, -0.25) is 4.79 Å². The van der Waals surface area contributed by atoms with Crippen LogP contribution in [0.3, 0.4) is 0 Å². The van der Waals surface area contributed by atoms with Crippen LogP contribution in [0, 0.1) is 6.92 Å². The molecule has 0 spiro atoms. The molecule has 0 N–H and O–H groups in total. The maximum atomic E-state index is 13.3. The second-order valence-corrected chi connectivity index (χ2v) is 10.3. The second-order valence-electron chi connectivity index (χ2n) is 7.75. The van der Waals surface area contributed by atoms with Crippen LogP contribution in [0.15, 0.2) is 51.9 Å². The number of thiazole rings is 1. The number of carbonyl (C=O) groups is 1. The van der Waals surface area contributed by atoms with Crippen LogP contribution in [0.5, 0.6) is 0 Å². The van der Waals surface area contributed by atoms with Crippen molar-refractivity contribution in [3.63, 3.8) is 0 Å². The van der Waals surface area contributed by atoms with Crippen LogP contribution < -0.4 is 0 Å². The molecule has 0 atom stereocenters. The van der Waals surface area contributed by atoms with Crippen molar-refractivity contribution in [2.24, 2.45) is 0 Å². The van der Waals surface area contributed by atoms with Gasteiger partial charge >= 0.3 is 0 Å². The molecule has 0 unspecified atom stereocenters. The van der Waals surface area contributed by atoms with E-state index in [-0.39, 0.29) is 5.91 Å². The van der Waals surface area contributed by atoms with E-state index >= 15 is 0 Å². The van der Waals surface area contributed by atoms with Crippen LogP contribution in [0.2, 0.25) is 5.02 Å². The normalized spacial score (nSPS) is 14.9. The Morgan fingerprint density at radius 1 is 1.22 bits per heavy atom. The molecule has 1 fully saturated rings. The molecule has 4 aromatic rings. The number of likely N-dealkylation sites (tertiary alicyclic amines) is 1. The van der Waals surface area contributed by atoms with Crippen molar-refractivity contribution in [2.45, 2.75) is 36.3 Å². The van der Waals surface area contributed by atoms with Crippen LogP contribution >= 0.6 is 34.7 Å². The number of carbonyl (C=O) groups excluding carboxylic acids is 1. The van der Waals surface area contributed by atoms with Crippen LogP contribution in [-0.2, 0) is 5.75 Å². The Bertz CT molecular complexity index is 1260. The van der Waals surface area contributed by atoms with E-state index in [0.717, 1.165) is 51.6 Å². The molecule has 0 bridgehead atoms. The predicted octanol–water partition coefficient (Wildman–Crippen LogP) is 5.95. The Hall–Kier alpha value is -2.42. The van der Waals surface area contributed by atoms with Crippen LogP contribution in [0.25, 0.3) is 10.2 Å². The fraction of sp³-hybridized carbons (Fsp3) is 0.304. The molecular weight excluding hydrogens is 464 g/mol. The van der Waals surface area contributed by atoms with E-state index in [9.17, 15) is 4.79 Å². The fourth-order valence-corrected chi connectivity index (χ4v) is 6.07. The smallest absolute Gasteiger partial charge is 0.254 e. The largest absolute Gasteiger partial charge is 0.339 e. The Labute approximate surface area is 199 Å². The quantitative estimate of drug-likeness (QED) is 0.326. The average molecular weight is 485 g/mol. The molecule has 1 amide bonds. The zero-order valence-electron chi connectivity index (χ0n) is 17.5. The average Bonchev–Trinajstić information content (AvgIpc) is 3.43. The second kappa shape index (κ2) is 9.21. The van der Waals surface area contributed by atoms with Crippen molar-refractivity contribution >= 4 is 50.8 Å².